The lowest BCUT2D eigenvalue weighted by molar-refractivity contribution is -0.0511. The van der Waals surface area contributed by atoms with Crippen LogP contribution in [0.1, 0.15) is 12.1 Å². The number of fused-ring (bicyclic) bond motifs is 1. The number of aryl methyl sites for hydroxylation is 1. The van der Waals surface area contributed by atoms with Crippen LogP contribution in [0, 0.1) is 6.92 Å². The number of aromatic nitrogens is 4. The average molecular weight is 537 g/mol. The third kappa shape index (κ3) is 5.93. The van der Waals surface area contributed by atoms with E-state index in [9.17, 15) is 33.6 Å². The van der Waals surface area contributed by atoms with Crippen molar-refractivity contribution in [2.24, 2.45) is 0 Å². The number of nitrogens with zero attached hydrogens (tertiary/aromatic N) is 3. The molecule has 0 aromatic carbocycles. The SMILES string of the molecule is Cc1nc2c(=O)[nH]c(N)nc2n1[C@@H]1O[C@H](COP(=O)(O)OP(=O)(O)OP(=O)(O)O)[C@@H](O)[C@H]1O. The molecule has 0 saturated carbocycles. The number of hydrogen-bond acceptors (Lipinski definition) is 13. The summed E-state index contributed by atoms with van der Waals surface area (Å²) in [6.45, 7) is 0.416. The third-order valence-electron chi connectivity index (χ3n) is 4.15. The van der Waals surface area contributed by atoms with E-state index >= 15 is 0 Å². The van der Waals surface area contributed by atoms with Crippen LogP contribution in [0.25, 0.3) is 11.2 Å². The second kappa shape index (κ2) is 8.90. The van der Waals surface area contributed by atoms with Crippen LogP contribution >= 0.6 is 23.5 Å². The highest BCUT2D eigenvalue weighted by Crippen LogP contribution is 2.66. The number of nitrogen functional groups attached to an aromatic ring is 1. The summed E-state index contributed by atoms with van der Waals surface area (Å²) in [7, 11) is -16.8. The number of nitrogens with two attached hydrogens (primary N) is 1. The molecule has 0 amide bonds. The largest absolute Gasteiger partial charge is 0.490 e. The highest BCUT2D eigenvalue weighted by molar-refractivity contribution is 7.66. The molecule has 3 rings (SSSR count). The van der Waals surface area contributed by atoms with Gasteiger partial charge in [0.2, 0.25) is 5.95 Å². The van der Waals surface area contributed by atoms with Crippen molar-refractivity contribution in [2.45, 2.75) is 31.5 Å². The minimum absolute atomic E-state index is 0.0986. The Bertz CT molecular complexity index is 1260. The summed E-state index contributed by atoms with van der Waals surface area (Å²) in [4.78, 5) is 57.8. The maximum atomic E-state index is 12.0. The van der Waals surface area contributed by atoms with Crippen molar-refractivity contribution in [3.8, 4) is 0 Å². The molecule has 0 aliphatic carbocycles. The van der Waals surface area contributed by atoms with Gasteiger partial charge in [-0.15, -0.1) is 0 Å². The Morgan fingerprint density at radius 3 is 2.33 bits per heavy atom. The van der Waals surface area contributed by atoms with Crippen LogP contribution in [0.5, 0.6) is 0 Å². The average Bonchev–Trinajstić information content (AvgIpc) is 3.07. The minimum Gasteiger partial charge on any atom is -0.387 e. The first kappa shape index (κ1) is 26.1. The number of imidazole rings is 1. The maximum Gasteiger partial charge on any atom is 0.490 e. The second-order valence-corrected chi connectivity index (χ2v) is 11.0. The van der Waals surface area contributed by atoms with E-state index in [0.717, 1.165) is 4.57 Å². The molecule has 3 heterocycles. The molecule has 19 nitrogen and oxygen atoms in total. The molecule has 1 aliphatic heterocycles. The highest BCUT2D eigenvalue weighted by atomic mass is 31.3. The lowest BCUT2D eigenvalue weighted by Crippen LogP contribution is -2.33. The number of nitrogens with one attached hydrogen (secondary N) is 1. The fraction of sp³-hybridized carbons (Fsp3) is 0.545. The number of rotatable bonds is 8. The molecule has 2 aromatic rings. The van der Waals surface area contributed by atoms with Crippen LogP contribution in [-0.4, -0.2) is 74.2 Å². The van der Waals surface area contributed by atoms with Gasteiger partial charge in [-0.25, -0.2) is 18.7 Å². The molecule has 1 saturated heterocycles. The number of aliphatic hydroxyl groups excluding tert-OH is 2. The number of H-pyrrole nitrogens is 1. The number of aliphatic hydroxyl groups is 2. The smallest absolute Gasteiger partial charge is 0.387 e. The van der Waals surface area contributed by atoms with Gasteiger partial charge in [-0.3, -0.25) is 18.9 Å². The van der Waals surface area contributed by atoms with Crippen LogP contribution in [0.15, 0.2) is 4.79 Å². The van der Waals surface area contributed by atoms with Crippen LogP contribution in [0.4, 0.5) is 5.95 Å². The number of phosphoric ester groups is 1. The zero-order valence-corrected chi connectivity index (χ0v) is 18.9. The summed E-state index contributed by atoms with van der Waals surface area (Å²) >= 11 is 0. The van der Waals surface area contributed by atoms with Crippen LogP contribution in [-0.2, 0) is 31.6 Å². The van der Waals surface area contributed by atoms with Gasteiger partial charge in [0.05, 0.1) is 6.61 Å². The van der Waals surface area contributed by atoms with Gasteiger partial charge in [-0.2, -0.15) is 13.6 Å². The molecule has 33 heavy (non-hydrogen) atoms. The number of phosphoric acid groups is 3. The predicted molar refractivity (Wildman–Crippen MR) is 103 cm³/mol. The van der Waals surface area contributed by atoms with E-state index in [1.54, 1.807) is 0 Å². The summed E-state index contributed by atoms with van der Waals surface area (Å²) in [5.41, 5.74) is 4.59. The molecule has 0 radical (unpaired) electrons. The third-order valence-corrected chi connectivity index (χ3v) is 7.96. The van der Waals surface area contributed by atoms with Gasteiger partial charge in [-0.05, 0) is 6.92 Å². The van der Waals surface area contributed by atoms with Crippen LogP contribution < -0.4 is 11.3 Å². The molecule has 9 N–H and O–H groups in total. The second-order valence-electron chi connectivity index (χ2n) is 6.59. The summed E-state index contributed by atoms with van der Waals surface area (Å²) in [6.07, 6.45) is -6.41. The quantitative estimate of drug-likeness (QED) is 0.168. The normalized spacial score (nSPS) is 27.5. The Kier molecular flexibility index (Phi) is 7.03. The minimum atomic E-state index is -5.74. The Morgan fingerprint density at radius 1 is 1.09 bits per heavy atom. The Morgan fingerprint density at radius 2 is 1.73 bits per heavy atom. The molecule has 2 unspecified atom stereocenters. The standard InChI is InChI=1S/C11H18N5O14P3/c1-3-13-5-8(14-11(12)15-9(5)19)16(3)10-7(18)6(17)4(28-10)2-27-32(23,24)30-33(25,26)29-31(20,21)22/h4,6-7,10,17-18H,2H2,1H3,(H,23,24)(H,25,26)(H2,20,21,22)(H3,12,14,15,19)/t4-,6-,7-,10-/m1/s1. The molecule has 1 fully saturated rings. The van der Waals surface area contributed by atoms with E-state index in [-0.39, 0.29) is 22.9 Å². The first-order valence-corrected chi connectivity index (χ1v) is 13.1. The van der Waals surface area contributed by atoms with E-state index < -0.39 is 60.2 Å². The number of anilines is 1. The zero-order chi connectivity index (χ0) is 24.9. The fourth-order valence-corrected chi connectivity index (χ4v) is 6.00. The van der Waals surface area contributed by atoms with Crippen molar-refractivity contribution < 1.29 is 61.4 Å². The van der Waals surface area contributed by atoms with Gasteiger partial charge in [0.1, 0.15) is 24.1 Å². The van der Waals surface area contributed by atoms with Gasteiger partial charge >= 0.3 is 23.5 Å². The monoisotopic (exact) mass is 537 g/mol. The molecule has 6 atom stereocenters. The van der Waals surface area contributed by atoms with E-state index in [2.05, 4.69) is 28.1 Å². The maximum absolute atomic E-state index is 12.0. The van der Waals surface area contributed by atoms with E-state index in [1.165, 1.54) is 6.92 Å². The van der Waals surface area contributed by atoms with Crippen molar-refractivity contribution in [1.29, 1.82) is 0 Å². The first-order chi connectivity index (χ1) is 15.0. The van der Waals surface area contributed by atoms with E-state index in [1.807, 2.05) is 0 Å². The van der Waals surface area contributed by atoms with Crippen molar-refractivity contribution >= 4 is 40.6 Å². The van der Waals surface area contributed by atoms with Gasteiger partial charge in [-0.1, -0.05) is 0 Å². The van der Waals surface area contributed by atoms with Crippen molar-refractivity contribution in [3.63, 3.8) is 0 Å². The van der Waals surface area contributed by atoms with Crippen LogP contribution in [0.2, 0.25) is 0 Å². The van der Waals surface area contributed by atoms with Crippen molar-refractivity contribution in [1.82, 2.24) is 19.5 Å². The molecule has 22 heteroatoms. The van der Waals surface area contributed by atoms with Gasteiger partial charge in [0.15, 0.2) is 17.4 Å². The number of aromatic amines is 1. The Labute approximate surface area is 182 Å². The van der Waals surface area contributed by atoms with Gasteiger partial charge < -0.3 is 40.3 Å². The summed E-state index contributed by atoms with van der Waals surface area (Å²) in [5, 5.41) is 20.6. The van der Waals surface area contributed by atoms with Crippen molar-refractivity contribution in [2.75, 3.05) is 12.3 Å². The Balaban J connectivity index is 1.77. The van der Waals surface area contributed by atoms with E-state index in [0.29, 0.717) is 0 Å². The number of hydrogen-bond donors (Lipinski definition) is 8. The van der Waals surface area contributed by atoms with Crippen molar-refractivity contribution in [3.05, 3.63) is 16.2 Å². The summed E-state index contributed by atoms with van der Waals surface area (Å²) in [5.74, 6) is -0.149. The fourth-order valence-electron chi connectivity index (χ4n) is 2.97. The molecule has 0 bridgehead atoms. The van der Waals surface area contributed by atoms with Gasteiger partial charge in [0, 0.05) is 0 Å². The molecule has 1 aliphatic rings. The molecular weight excluding hydrogens is 519 g/mol. The predicted octanol–water partition coefficient (Wildman–Crippen LogP) is -2.03. The molecule has 0 spiro atoms. The zero-order valence-electron chi connectivity index (χ0n) is 16.2. The molecular formula is C11H18N5O14P3. The first-order valence-electron chi connectivity index (χ1n) is 8.54. The number of ether oxygens (including phenoxy) is 1. The topological polar surface area (TPSA) is 299 Å². The lowest BCUT2D eigenvalue weighted by atomic mass is 10.1. The summed E-state index contributed by atoms with van der Waals surface area (Å²) < 4.78 is 52.0. The van der Waals surface area contributed by atoms with E-state index in [4.69, 9.17) is 25.2 Å². The van der Waals surface area contributed by atoms with Crippen LogP contribution in [0.3, 0.4) is 0 Å². The lowest BCUT2D eigenvalue weighted by Gasteiger charge is -2.19. The van der Waals surface area contributed by atoms with Gasteiger partial charge in [0.25, 0.3) is 5.56 Å². The Hall–Kier alpha value is -1.56. The highest BCUT2D eigenvalue weighted by Gasteiger charge is 2.47. The summed E-state index contributed by atoms with van der Waals surface area (Å²) in [6, 6.07) is 0. The molecule has 2 aromatic heterocycles. The molecule has 186 valence electrons.